The van der Waals surface area contributed by atoms with Gasteiger partial charge in [-0.1, -0.05) is 30.3 Å². The molecule has 1 amide bonds. The number of fused-ring (bicyclic) bond motifs is 3. The highest BCUT2D eigenvalue weighted by Gasteiger charge is 2.19. The molecule has 2 aromatic heterocycles. The average molecular weight is 455 g/mol. The van der Waals surface area contributed by atoms with Gasteiger partial charge in [0.1, 0.15) is 5.52 Å². The van der Waals surface area contributed by atoms with E-state index in [0.29, 0.717) is 34.8 Å². The molecule has 2 aromatic carbocycles. The smallest absolute Gasteiger partial charge is 0.411 e. The van der Waals surface area contributed by atoms with Crippen molar-refractivity contribution in [1.82, 2.24) is 14.7 Å². The van der Waals surface area contributed by atoms with Crippen LogP contribution in [0.3, 0.4) is 0 Å². The minimum Gasteiger partial charge on any atom is -0.478 e. The lowest BCUT2D eigenvalue weighted by Gasteiger charge is -2.08. The summed E-state index contributed by atoms with van der Waals surface area (Å²) in [4.78, 5) is 18.7. The van der Waals surface area contributed by atoms with Crippen LogP contribution in [0.15, 0.2) is 59.5 Å². The molecule has 4 rings (SSSR count). The molecule has 2 heterocycles. The molecule has 166 valence electrons. The van der Waals surface area contributed by atoms with Gasteiger partial charge in [0.05, 0.1) is 11.5 Å². The Hall–Kier alpha value is -3.63. The predicted molar refractivity (Wildman–Crippen MR) is 120 cm³/mol. The molecule has 9 nitrogen and oxygen atoms in total. The molecule has 0 saturated carbocycles. The van der Waals surface area contributed by atoms with E-state index in [1.165, 1.54) is 6.07 Å². The Morgan fingerprint density at radius 3 is 2.62 bits per heavy atom. The molecule has 0 spiro atoms. The fourth-order valence-corrected chi connectivity index (χ4v) is 4.50. The molecule has 0 aliphatic rings. The maximum Gasteiger partial charge on any atom is 0.411 e. The molecule has 0 fully saturated rings. The number of nitrogens with zero attached hydrogens (tertiary/aromatic N) is 1. The molecular formula is C22H22N4O5S. The summed E-state index contributed by atoms with van der Waals surface area (Å²) in [6.07, 6.45) is -0.441. The number of carbonyl (C=O) groups is 1. The lowest BCUT2D eigenvalue weighted by Crippen LogP contribution is -2.25. The van der Waals surface area contributed by atoms with Gasteiger partial charge in [0.15, 0.2) is 0 Å². The first kappa shape index (κ1) is 21.6. The topological polar surface area (TPSA) is 136 Å². The molecule has 0 aliphatic heterocycles. The summed E-state index contributed by atoms with van der Waals surface area (Å²) >= 11 is 0. The molecule has 32 heavy (non-hydrogen) atoms. The number of sulfonamides is 1. The van der Waals surface area contributed by atoms with E-state index in [0.717, 1.165) is 5.56 Å². The van der Waals surface area contributed by atoms with Crippen LogP contribution in [-0.2, 0) is 16.4 Å². The summed E-state index contributed by atoms with van der Waals surface area (Å²) < 4.78 is 38.8. The predicted octanol–water partition coefficient (Wildman–Crippen LogP) is 3.09. The number of benzene rings is 2. The van der Waals surface area contributed by atoms with E-state index in [1.54, 1.807) is 25.1 Å². The third-order valence-corrected chi connectivity index (χ3v) is 6.31. The number of aromatic nitrogens is 2. The van der Waals surface area contributed by atoms with Crippen LogP contribution in [0.1, 0.15) is 12.5 Å². The molecule has 4 aromatic rings. The first-order valence-electron chi connectivity index (χ1n) is 9.97. The molecule has 0 atom stereocenters. The summed E-state index contributed by atoms with van der Waals surface area (Å²) in [6, 6.07) is 16.0. The van der Waals surface area contributed by atoms with E-state index in [-0.39, 0.29) is 23.2 Å². The zero-order chi connectivity index (χ0) is 22.7. The van der Waals surface area contributed by atoms with Crippen LogP contribution in [0, 0.1) is 0 Å². The highest BCUT2D eigenvalue weighted by molar-refractivity contribution is 7.89. The number of carbonyl (C=O) groups excluding carboxylic acids is 1. The Kier molecular flexibility index (Phi) is 5.97. The number of nitrogens with one attached hydrogen (secondary N) is 2. The number of rotatable bonds is 8. The van der Waals surface area contributed by atoms with E-state index in [4.69, 9.17) is 15.2 Å². The minimum absolute atomic E-state index is 0.0416. The van der Waals surface area contributed by atoms with Gasteiger partial charge < -0.3 is 20.2 Å². The molecule has 4 N–H and O–H groups in total. The van der Waals surface area contributed by atoms with Crippen molar-refractivity contribution in [2.45, 2.75) is 18.2 Å². The second-order valence-corrected chi connectivity index (χ2v) is 8.78. The zero-order valence-corrected chi connectivity index (χ0v) is 18.1. The van der Waals surface area contributed by atoms with Crippen molar-refractivity contribution >= 4 is 37.9 Å². The van der Waals surface area contributed by atoms with Crippen molar-refractivity contribution < 1.29 is 22.7 Å². The lowest BCUT2D eigenvalue weighted by atomic mass is 10.2. The molecule has 10 heteroatoms. The van der Waals surface area contributed by atoms with Crippen LogP contribution in [0.25, 0.3) is 21.8 Å². The summed E-state index contributed by atoms with van der Waals surface area (Å²) in [7, 11) is -3.73. The molecule has 0 bridgehead atoms. The Morgan fingerprint density at radius 1 is 1.12 bits per heavy atom. The van der Waals surface area contributed by atoms with E-state index in [1.807, 2.05) is 30.3 Å². The monoisotopic (exact) mass is 454 g/mol. The fourth-order valence-electron chi connectivity index (χ4n) is 3.44. The van der Waals surface area contributed by atoms with Gasteiger partial charge in [-0.3, -0.25) is 0 Å². The summed E-state index contributed by atoms with van der Waals surface area (Å²) in [6.45, 7) is 2.41. The van der Waals surface area contributed by atoms with Gasteiger partial charge in [0, 0.05) is 28.9 Å². The first-order chi connectivity index (χ1) is 15.4. The highest BCUT2D eigenvalue weighted by Crippen LogP contribution is 2.34. The van der Waals surface area contributed by atoms with Gasteiger partial charge in [0.2, 0.25) is 15.9 Å². The van der Waals surface area contributed by atoms with E-state index < -0.39 is 16.1 Å². The third kappa shape index (κ3) is 4.51. The Bertz CT molecular complexity index is 1380. The van der Waals surface area contributed by atoms with Crippen LogP contribution in [0.2, 0.25) is 0 Å². The first-order valence-corrected chi connectivity index (χ1v) is 11.5. The Balaban J connectivity index is 1.69. The molecular weight excluding hydrogens is 432 g/mol. The van der Waals surface area contributed by atoms with Crippen LogP contribution < -0.4 is 19.9 Å². The van der Waals surface area contributed by atoms with Crippen molar-refractivity contribution in [3.05, 3.63) is 60.2 Å². The summed E-state index contributed by atoms with van der Waals surface area (Å²) in [5.74, 6) is 0.187. The third-order valence-electron chi connectivity index (χ3n) is 4.85. The quantitative estimate of drug-likeness (QED) is 0.374. The lowest BCUT2D eigenvalue weighted by molar-refractivity contribution is 0.209. The van der Waals surface area contributed by atoms with Gasteiger partial charge in [0.25, 0.3) is 5.88 Å². The van der Waals surface area contributed by atoms with Gasteiger partial charge in [-0.05, 0) is 37.1 Å². The van der Waals surface area contributed by atoms with Crippen LogP contribution >= 0.6 is 0 Å². The highest BCUT2D eigenvalue weighted by atomic mass is 32.2. The fraction of sp³-hybridized carbons (Fsp3) is 0.182. The molecule has 0 aliphatic carbocycles. The molecule has 0 saturated heterocycles. The molecule has 0 radical (unpaired) electrons. The van der Waals surface area contributed by atoms with Gasteiger partial charge in [-0.15, -0.1) is 0 Å². The van der Waals surface area contributed by atoms with Crippen molar-refractivity contribution in [2.75, 3.05) is 13.2 Å². The van der Waals surface area contributed by atoms with Crippen LogP contribution in [0.4, 0.5) is 4.79 Å². The van der Waals surface area contributed by atoms with Crippen molar-refractivity contribution in [3.63, 3.8) is 0 Å². The number of aromatic amines is 1. The van der Waals surface area contributed by atoms with E-state index in [2.05, 4.69) is 14.7 Å². The number of nitrogens with two attached hydrogens (primary N) is 1. The minimum atomic E-state index is -3.73. The van der Waals surface area contributed by atoms with Crippen LogP contribution in [-0.4, -0.2) is 37.6 Å². The number of H-pyrrole nitrogens is 1. The van der Waals surface area contributed by atoms with Crippen molar-refractivity contribution in [3.8, 4) is 11.8 Å². The maximum absolute atomic E-state index is 12.9. The van der Waals surface area contributed by atoms with Gasteiger partial charge >= 0.3 is 6.09 Å². The SMILES string of the molecule is CCOc1cc2c([nH]c3ccc(S(=O)(=O)NCCc4ccccc4)cc32)c(OC(N)=O)n1. The number of hydrogen-bond acceptors (Lipinski definition) is 6. The largest absolute Gasteiger partial charge is 0.478 e. The van der Waals surface area contributed by atoms with E-state index >= 15 is 0 Å². The molecule has 0 unspecified atom stereocenters. The van der Waals surface area contributed by atoms with Crippen molar-refractivity contribution in [1.29, 1.82) is 0 Å². The Morgan fingerprint density at radius 2 is 1.91 bits per heavy atom. The number of ether oxygens (including phenoxy) is 2. The second kappa shape index (κ2) is 8.85. The van der Waals surface area contributed by atoms with Gasteiger partial charge in [-0.25, -0.2) is 17.9 Å². The Labute approximate surface area is 184 Å². The summed E-state index contributed by atoms with van der Waals surface area (Å²) in [5.41, 5.74) is 7.26. The summed E-state index contributed by atoms with van der Waals surface area (Å²) in [5, 5.41) is 1.21. The number of amides is 1. The zero-order valence-electron chi connectivity index (χ0n) is 17.3. The standard InChI is InChI=1S/C22H22N4O5S/c1-2-30-19-13-17-16-12-15(32(28,29)24-11-10-14-6-4-3-5-7-14)8-9-18(16)25-20(17)21(26-19)31-22(23)27/h3-9,12-13,24-25H,2,10-11H2,1H3,(H2,23,27). The number of pyridine rings is 1. The normalized spacial score (nSPS) is 11.7. The second-order valence-electron chi connectivity index (χ2n) is 7.01. The number of primary amides is 1. The van der Waals surface area contributed by atoms with E-state index in [9.17, 15) is 13.2 Å². The van der Waals surface area contributed by atoms with Gasteiger partial charge in [-0.2, -0.15) is 4.98 Å². The van der Waals surface area contributed by atoms with Crippen LogP contribution in [0.5, 0.6) is 11.8 Å². The average Bonchev–Trinajstić information content (AvgIpc) is 3.13. The van der Waals surface area contributed by atoms with Crippen molar-refractivity contribution in [2.24, 2.45) is 5.73 Å². The maximum atomic E-state index is 12.9. The number of hydrogen-bond donors (Lipinski definition) is 3.